The highest BCUT2D eigenvalue weighted by Gasteiger charge is 2.19. The van der Waals surface area contributed by atoms with Crippen LogP contribution < -0.4 is 4.31 Å². The van der Waals surface area contributed by atoms with Gasteiger partial charge >= 0.3 is 0 Å². The van der Waals surface area contributed by atoms with Crippen LogP contribution in [0.25, 0.3) is 11.0 Å². The van der Waals surface area contributed by atoms with Crippen molar-refractivity contribution in [1.29, 1.82) is 0 Å². The van der Waals surface area contributed by atoms with Crippen molar-refractivity contribution in [3.8, 4) is 0 Å². The summed E-state index contributed by atoms with van der Waals surface area (Å²) in [6, 6.07) is 11.7. The Kier molecular flexibility index (Phi) is 4.71. The Balaban J connectivity index is 1.92. The predicted octanol–water partition coefficient (Wildman–Crippen LogP) is 3.36. The van der Waals surface area contributed by atoms with Crippen LogP contribution in [0.3, 0.4) is 0 Å². The molecule has 0 aliphatic heterocycles. The number of fused-ring (bicyclic) bond motifs is 1. The second-order valence-electron chi connectivity index (χ2n) is 5.89. The van der Waals surface area contributed by atoms with Crippen LogP contribution in [-0.2, 0) is 10.0 Å². The predicted molar refractivity (Wildman–Crippen MR) is 101 cm³/mol. The third-order valence-corrected chi connectivity index (χ3v) is 5.31. The van der Waals surface area contributed by atoms with E-state index in [0.29, 0.717) is 22.2 Å². The third-order valence-electron chi connectivity index (χ3n) is 4.04. The molecule has 0 amide bonds. The first-order valence-corrected chi connectivity index (χ1v) is 9.86. The molecule has 1 heterocycles. The lowest BCUT2D eigenvalue weighted by molar-refractivity contribution is -0.384. The standard InChI is InChI=1S/C18H16N2O6S/c1-3-19(27(2,24)25)14-6-4-12(5-7-14)18(21)17-11-13-10-15(20(22)23)8-9-16(13)26-17/h4-11H,3H2,1-2H3. The minimum atomic E-state index is -3.41. The summed E-state index contributed by atoms with van der Waals surface area (Å²) in [5.41, 5.74) is 1.05. The lowest BCUT2D eigenvalue weighted by Gasteiger charge is -2.20. The van der Waals surface area contributed by atoms with Gasteiger partial charge in [-0.2, -0.15) is 0 Å². The summed E-state index contributed by atoms with van der Waals surface area (Å²) < 4.78 is 30.3. The quantitative estimate of drug-likeness (QED) is 0.364. The average molecular weight is 388 g/mol. The number of rotatable bonds is 6. The average Bonchev–Trinajstić information content (AvgIpc) is 3.04. The zero-order chi connectivity index (χ0) is 19.8. The van der Waals surface area contributed by atoms with Gasteiger partial charge in [-0.3, -0.25) is 19.2 Å². The molecule has 3 rings (SSSR count). The highest BCUT2D eigenvalue weighted by Crippen LogP contribution is 2.26. The van der Waals surface area contributed by atoms with Gasteiger partial charge in [0.05, 0.1) is 16.9 Å². The van der Waals surface area contributed by atoms with Crippen LogP contribution in [0.2, 0.25) is 0 Å². The number of furan rings is 1. The van der Waals surface area contributed by atoms with Gasteiger partial charge in [0, 0.05) is 29.6 Å². The van der Waals surface area contributed by atoms with Gasteiger partial charge in [-0.25, -0.2) is 8.42 Å². The lowest BCUT2D eigenvalue weighted by Crippen LogP contribution is -2.29. The van der Waals surface area contributed by atoms with Gasteiger partial charge in [-0.05, 0) is 43.3 Å². The van der Waals surface area contributed by atoms with Crippen molar-refractivity contribution >= 4 is 38.2 Å². The normalized spacial score (nSPS) is 11.5. The van der Waals surface area contributed by atoms with Crippen LogP contribution in [0, 0.1) is 10.1 Å². The molecule has 27 heavy (non-hydrogen) atoms. The second-order valence-corrected chi connectivity index (χ2v) is 7.80. The number of non-ortho nitro benzene ring substituents is 1. The first kappa shape index (κ1) is 18.6. The number of sulfonamides is 1. The Morgan fingerprint density at radius 2 is 1.81 bits per heavy atom. The Labute approximate surface area is 155 Å². The molecule has 0 spiro atoms. The maximum atomic E-state index is 12.6. The first-order chi connectivity index (χ1) is 12.7. The zero-order valence-electron chi connectivity index (χ0n) is 14.6. The fourth-order valence-corrected chi connectivity index (χ4v) is 3.76. The molecule has 0 unspecified atom stereocenters. The third kappa shape index (κ3) is 3.68. The molecule has 0 bridgehead atoms. The van der Waals surface area contributed by atoms with E-state index in [-0.39, 0.29) is 18.0 Å². The summed E-state index contributed by atoms with van der Waals surface area (Å²) in [6.07, 6.45) is 1.11. The Bertz CT molecular complexity index is 1130. The highest BCUT2D eigenvalue weighted by molar-refractivity contribution is 7.92. The number of hydrogen-bond donors (Lipinski definition) is 0. The van der Waals surface area contributed by atoms with Gasteiger partial charge in [0.15, 0.2) is 5.76 Å². The Hall–Kier alpha value is -3.20. The maximum Gasteiger partial charge on any atom is 0.270 e. The van der Waals surface area contributed by atoms with Crippen LogP contribution in [-0.4, -0.2) is 31.9 Å². The van der Waals surface area contributed by atoms with Crippen LogP contribution in [0.1, 0.15) is 23.0 Å². The zero-order valence-corrected chi connectivity index (χ0v) is 15.4. The molecular formula is C18H16N2O6S. The number of nitrogens with zero attached hydrogens (tertiary/aromatic N) is 2. The molecule has 3 aromatic rings. The van der Waals surface area contributed by atoms with E-state index in [1.54, 1.807) is 19.1 Å². The molecule has 0 aliphatic rings. The van der Waals surface area contributed by atoms with Gasteiger partial charge in [-0.1, -0.05) is 0 Å². The van der Waals surface area contributed by atoms with Crippen LogP contribution in [0.4, 0.5) is 11.4 Å². The summed E-state index contributed by atoms with van der Waals surface area (Å²) in [7, 11) is -3.41. The highest BCUT2D eigenvalue weighted by atomic mass is 32.2. The summed E-state index contributed by atoms with van der Waals surface area (Å²) >= 11 is 0. The molecule has 8 nitrogen and oxygen atoms in total. The molecule has 0 saturated carbocycles. The van der Waals surface area contributed by atoms with Gasteiger partial charge in [0.1, 0.15) is 5.58 Å². The van der Waals surface area contributed by atoms with Crippen molar-refractivity contribution < 1.29 is 22.6 Å². The van der Waals surface area contributed by atoms with E-state index in [1.807, 2.05) is 0 Å². The molecule has 0 atom stereocenters. The van der Waals surface area contributed by atoms with E-state index in [2.05, 4.69) is 0 Å². The molecule has 2 aromatic carbocycles. The van der Waals surface area contributed by atoms with Gasteiger partial charge in [0.2, 0.25) is 15.8 Å². The number of anilines is 1. The SMILES string of the molecule is CCN(c1ccc(C(=O)c2cc3cc([N+](=O)[O-])ccc3o2)cc1)S(C)(=O)=O. The van der Waals surface area contributed by atoms with Gasteiger partial charge in [0.25, 0.3) is 5.69 Å². The minimum Gasteiger partial charge on any atom is -0.453 e. The van der Waals surface area contributed by atoms with E-state index >= 15 is 0 Å². The summed E-state index contributed by atoms with van der Waals surface area (Å²) in [4.78, 5) is 23.0. The number of hydrogen-bond acceptors (Lipinski definition) is 6. The Morgan fingerprint density at radius 3 is 2.37 bits per heavy atom. The molecule has 0 radical (unpaired) electrons. The van der Waals surface area contributed by atoms with E-state index in [0.717, 1.165) is 6.26 Å². The van der Waals surface area contributed by atoms with Crippen LogP contribution in [0.5, 0.6) is 0 Å². The van der Waals surface area contributed by atoms with Crippen molar-refractivity contribution in [2.24, 2.45) is 0 Å². The van der Waals surface area contributed by atoms with Crippen molar-refractivity contribution in [3.63, 3.8) is 0 Å². The molecular weight excluding hydrogens is 372 g/mol. The number of benzene rings is 2. The number of carbonyl (C=O) groups excluding carboxylic acids is 1. The summed E-state index contributed by atoms with van der Waals surface area (Å²) in [5, 5.41) is 11.3. The number of nitro groups is 1. The lowest BCUT2D eigenvalue weighted by atomic mass is 10.1. The largest absolute Gasteiger partial charge is 0.453 e. The van der Waals surface area contributed by atoms with E-state index < -0.39 is 20.7 Å². The van der Waals surface area contributed by atoms with E-state index in [9.17, 15) is 23.3 Å². The smallest absolute Gasteiger partial charge is 0.270 e. The number of carbonyl (C=O) groups is 1. The second kappa shape index (κ2) is 6.84. The van der Waals surface area contributed by atoms with Crippen molar-refractivity contribution in [1.82, 2.24) is 0 Å². The number of ketones is 1. The van der Waals surface area contributed by atoms with E-state index in [4.69, 9.17) is 4.42 Å². The maximum absolute atomic E-state index is 12.6. The van der Waals surface area contributed by atoms with Crippen LogP contribution in [0.15, 0.2) is 52.9 Å². The first-order valence-electron chi connectivity index (χ1n) is 8.01. The topological polar surface area (TPSA) is 111 Å². The molecule has 9 heteroatoms. The molecule has 140 valence electrons. The van der Waals surface area contributed by atoms with Gasteiger partial charge < -0.3 is 4.42 Å². The fourth-order valence-electron chi connectivity index (χ4n) is 2.79. The summed E-state index contributed by atoms with van der Waals surface area (Å²) in [5.74, 6) is -0.350. The minimum absolute atomic E-state index is 0.0497. The monoisotopic (exact) mass is 388 g/mol. The summed E-state index contributed by atoms with van der Waals surface area (Å²) in [6.45, 7) is 1.99. The van der Waals surface area contributed by atoms with Crippen molar-refractivity contribution in [3.05, 3.63) is 70.0 Å². The van der Waals surface area contributed by atoms with Crippen molar-refractivity contribution in [2.45, 2.75) is 6.92 Å². The molecule has 0 N–H and O–H groups in total. The van der Waals surface area contributed by atoms with E-state index in [1.165, 1.54) is 40.7 Å². The van der Waals surface area contributed by atoms with Gasteiger partial charge in [-0.15, -0.1) is 0 Å². The Morgan fingerprint density at radius 1 is 1.15 bits per heavy atom. The van der Waals surface area contributed by atoms with Crippen LogP contribution >= 0.6 is 0 Å². The number of nitro benzene ring substituents is 1. The molecule has 0 saturated heterocycles. The molecule has 1 aromatic heterocycles. The fraction of sp³-hybridized carbons (Fsp3) is 0.167. The molecule has 0 fully saturated rings. The molecule has 0 aliphatic carbocycles. The van der Waals surface area contributed by atoms with Crippen molar-refractivity contribution in [2.75, 3.05) is 17.1 Å².